The molecule has 0 fully saturated rings. The van der Waals surface area contributed by atoms with Crippen LogP contribution < -0.4 is 10.5 Å². The molecule has 0 aliphatic carbocycles. The number of rotatable bonds is 5. The lowest BCUT2D eigenvalue weighted by atomic mass is 10.1. The summed E-state index contributed by atoms with van der Waals surface area (Å²) in [5, 5.41) is 11.3. The number of halogens is 1. The number of nitrogens with zero attached hydrogens (tertiary/aromatic N) is 1. The molecule has 0 aromatic heterocycles. The molecule has 5 nitrogen and oxygen atoms in total. The van der Waals surface area contributed by atoms with E-state index in [4.69, 9.17) is 22.1 Å². The van der Waals surface area contributed by atoms with Crippen molar-refractivity contribution in [3.63, 3.8) is 0 Å². The summed E-state index contributed by atoms with van der Waals surface area (Å²) in [5.74, 6) is 0.605. The highest BCUT2D eigenvalue weighted by atomic mass is 35.5. The van der Waals surface area contributed by atoms with E-state index < -0.39 is 4.92 Å². The van der Waals surface area contributed by atoms with E-state index in [-0.39, 0.29) is 18.3 Å². The molecule has 0 radical (unpaired) electrons. The first-order valence-electron chi connectivity index (χ1n) is 6.39. The number of nitro benzene ring substituents is 1. The quantitative estimate of drug-likeness (QED) is 0.672. The predicted molar refractivity (Wildman–Crippen MR) is 81.5 cm³/mol. The molecule has 1 atom stereocenters. The summed E-state index contributed by atoms with van der Waals surface area (Å²) in [5.41, 5.74) is 7.08. The highest BCUT2D eigenvalue weighted by molar-refractivity contribution is 6.31. The molecule has 0 spiro atoms. The third kappa shape index (κ3) is 3.71. The van der Waals surface area contributed by atoms with Gasteiger partial charge in [-0.15, -0.1) is 0 Å². The summed E-state index contributed by atoms with van der Waals surface area (Å²) >= 11 is 6.01. The van der Waals surface area contributed by atoms with Crippen molar-refractivity contribution in [3.8, 4) is 5.75 Å². The van der Waals surface area contributed by atoms with Crippen LogP contribution in [0.5, 0.6) is 5.75 Å². The Morgan fingerprint density at radius 2 is 1.95 bits per heavy atom. The highest BCUT2D eigenvalue weighted by Crippen LogP contribution is 2.27. The van der Waals surface area contributed by atoms with Gasteiger partial charge in [-0.3, -0.25) is 10.1 Å². The van der Waals surface area contributed by atoms with E-state index in [1.165, 1.54) is 6.07 Å². The van der Waals surface area contributed by atoms with Crippen LogP contribution in [0.4, 0.5) is 5.69 Å². The Kier molecular flexibility index (Phi) is 4.77. The monoisotopic (exact) mass is 306 g/mol. The third-order valence-corrected chi connectivity index (χ3v) is 3.43. The second-order valence-electron chi connectivity index (χ2n) is 4.64. The van der Waals surface area contributed by atoms with E-state index >= 15 is 0 Å². The van der Waals surface area contributed by atoms with Gasteiger partial charge in [0, 0.05) is 12.1 Å². The minimum Gasteiger partial charge on any atom is -0.489 e. The van der Waals surface area contributed by atoms with Crippen molar-refractivity contribution in [2.75, 3.05) is 0 Å². The van der Waals surface area contributed by atoms with Gasteiger partial charge in [-0.2, -0.15) is 0 Å². The number of hydrogen-bond acceptors (Lipinski definition) is 4. The molecule has 110 valence electrons. The maximum Gasteiger partial charge on any atom is 0.277 e. The van der Waals surface area contributed by atoms with Crippen molar-refractivity contribution < 1.29 is 9.66 Å². The molecule has 2 N–H and O–H groups in total. The number of nitro groups is 1. The number of hydrogen-bond donors (Lipinski definition) is 1. The molecule has 2 rings (SSSR count). The van der Waals surface area contributed by atoms with Crippen LogP contribution in [0.15, 0.2) is 42.5 Å². The number of ether oxygens (including phenoxy) is 1. The fraction of sp³-hybridized carbons (Fsp3) is 0.200. The Balaban J connectivity index is 2.15. The summed E-state index contributed by atoms with van der Waals surface area (Å²) in [6, 6.07) is 11.8. The van der Waals surface area contributed by atoms with Gasteiger partial charge in [0.05, 0.1) is 15.5 Å². The van der Waals surface area contributed by atoms with Crippen molar-refractivity contribution in [3.05, 3.63) is 68.7 Å². The molecular formula is C15H15ClN2O3. The molecule has 0 heterocycles. The topological polar surface area (TPSA) is 78.4 Å². The summed E-state index contributed by atoms with van der Waals surface area (Å²) in [6.07, 6.45) is 0. The fourth-order valence-corrected chi connectivity index (χ4v) is 2.11. The maximum atomic E-state index is 11.0. The van der Waals surface area contributed by atoms with Crippen LogP contribution >= 0.6 is 11.6 Å². The maximum absolute atomic E-state index is 11.0. The fourth-order valence-electron chi connectivity index (χ4n) is 1.88. The van der Waals surface area contributed by atoms with Crippen molar-refractivity contribution in [1.29, 1.82) is 0 Å². The van der Waals surface area contributed by atoms with Gasteiger partial charge in [-0.1, -0.05) is 29.8 Å². The zero-order chi connectivity index (χ0) is 15.4. The van der Waals surface area contributed by atoms with Gasteiger partial charge in [-0.05, 0) is 30.7 Å². The summed E-state index contributed by atoms with van der Waals surface area (Å²) in [4.78, 5) is 10.5. The van der Waals surface area contributed by atoms with Crippen LogP contribution in [0.2, 0.25) is 5.02 Å². The minimum atomic E-state index is -0.468. The first-order valence-corrected chi connectivity index (χ1v) is 6.77. The molecule has 2 aromatic carbocycles. The van der Waals surface area contributed by atoms with Crippen LogP contribution in [-0.2, 0) is 6.61 Å². The minimum absolute atomic E-state index is 0.0352. The third-order valence-electron chi connectivity index (χ3n) is 3.08. The Hall–Kier alpha value is -2.11. The Morgan fingerprint density at radius 1 is 1.29 bits per heavy atom. The second-order valence-corrected chi connectivity index (χ2v) is 5.05. The summed E-state index contributed by atoms with van der Waals surface area (Å²) < 4.78 is 5.57. The Morgan fingerprint density at radius 3 is 2.52 bits per heavy atom. The number of benzene rings is 2. The van der Waals surface area contributed by atoms with Gasteiger partial charge in [0.1, 0.15) is 12.4 Å². The largest absolute Gasteiger partial charge is 0.489 e. The molecule has 0 saturated heterocycles. The van der Waals surface area contributed by atoms with E-state index in [1.807, 2.05) is 19.1 Å². The highest BCUT2D eigenvalue weighted by Gasteiger charge is 2.17. The van der Waals surface area contributed by atoms with Crippen LogP contribution in [0.1, 0.15) is 24.1 Å². The zero-order valence-electron chi connectivity index (χ0n) is 11.5. The van der Waals surface area contributed by atoms with Crippen LogP contribution in [0.3, 0.4) is 0 Å². The van der Waals surface area contributed by atoms with Crippen molar-refractivity contribution in [1.82, 2.24) is 0 Å². The van der Waals surface area contributed by atoms with Gasteiger partial charge in [0.2, 0.25) is 0 Å². The molecule has 2 aromatic rings. The Bertz CT molecular complexity index is 642. The lowest BCUT2D eigenvalue weighted by molar-refractivity contribution is -0.385. The van der Waals surface area contributed by atoms with Crippen molar-refractivity contribution in [2.45, 2.75) is 19.6 Å². The molecule has 0 amide bonds. The lowest BCUT2D eigenvalue weighted by Gasteiger charge is -2.10. The standard InChI is InChI=1S/C15H15ClN2O3/c1-10(17)11-5-7-12(8-6-11)21-9-13-14(16)3-2-4-15(13)18(19)20/h2-8,10H,9,17H2,1H3. The van der Waals surface area contributed by atoms with Crippen molar-refractivity contribution in [2.24, 2.45) is 5.73 Å². The molecule has 0 aliphatic rings. The van der Waals surface area contributed by atoms with Crippen LogP contribution in [-0.4, -0.2) is 4.92 Å². The molecule has 1 unspecified atom stereocenters. The van der Waals surface area contributed by atoms with E-state index in [9.17, 15) is 10.1 Å². The summed E-state index contributed by atoms with van der Waals surface area (Å²) in [6.45, 7) is 1.93. The van der Waals surface area contributed by atoms with Gasteiger partial charge < -0.3 is 10.5 Å². The van der Waals surface area contributed by atoms with E-state index in [0.717, 1.165) is 5.56 Å². The lowest BCUT2D eigenvalue weighted by Crippen LogP contribution is -2.05. The van der Waals surface area contributed by atoms with E-state index in [0.29, 0.717) is 16.3 Å². The first-order chi connectivity index (χ1) is 9.99. The SMILES string of the molecule is CC(N)c1ccc(OCc2c(Cl)cccc2[N+](=O)[O-])cc1. The molecule has 0 saturated carbocycles. The van der Waals surface area contributed by atoms with E-state index in [2.05, 4.69) is 0 Å². The average Bonchev–Trinajstić information content (AvgIpc) is 2.46. The van der Waals surface area contributed by atoms with Gasteiger partial charge in [-0.25, -0.2) is 0 Å². The predicted octanol–water partition coefficient (Wildman–Crippen LogP) is 3.85. The molecule has 0 bridgehead atoms. The summed E-state index contributed by atoms with van der Waals surface area (Å²) in [7, 11) is 0. The van der Waals surface area contributed by atoms with Gasteiger partial charge in [0.25, 0.3) is 5.69 Å². The smallest absolute Gasteiger partial charge is 0.277 e. The normalized spacial score (nSPS) is 12.0. The zero-order valence-corrected chi connectivity index (χ0v) is 12.2. The van der Waals surface area contributed by atoms with E-state index in [1.54, 1.807) is 24.3 Å². The molecule has 6 heteroatoms. The Labute approximate surface area is 127 Å². The first kappa shape index (κ1) is 15.3. The second kappa shape index (κ2) is 6.56. The molecular weight excluding hydrogens is 292 g/mol. The van der Waals surface area contributed by atoms with Gasteiger partial charge >= 0.3 is 0 Å². The van der Waals surface area contributed by atoms with Crippen LogP contribution in [0.25, 0.3) is 0 Å². The van der Waals surface area contributed by atoms with Crippen LogP contribution in [0, 0.1) is 10.1 Å². The molecule has 0 aliphatic heterocycles. The average molecular weight is 307 g/mol. The number of nitrogens with two attached hydrogens (primary N) is 1. The van der Waals surface area contributed by atoms with Crippen molar-refractivity contribution >= 4 is 17.3 Å². The van der Waals surface area contributed by atoms with Gasteiger partial charge in [0.15, 0.2) is 0 Å². The molecule has 21 heavy (non-hydrogen) atoms.